The molecule has 21 heavy (non-hydrogen) atoms. The number of hydrogen-bond acceptors (Lipinski definition) is 5. The van der Waals surface area contributed by atoms with Crippen LogP contribution in [0.1, 0.15) is 19.3 Å². The average molecular weight is 299 g/mol. The Hall–Kier alpha value is -1.63. The molecule has 0 aromatic heterocycles. The topological polar surface area (TPSA) is 79.0 Å². The van der Waals surface area contributed by atoms with E-state index < -0.39 is 6.09 Å². The van der Waals surface area contributed by atoms with Crippen molar-refractivity contribution >= 4 is 17.8 Å². The first-order valence-corrected chi connectivity index (χ1v) is 7.21. The van der Waals surface area contributed by atoms with Crippen LogP contribution in [0.3, 0.4) is 0 Å². The highest BCUT2D eigenvalue weighted by Crippen LogP contribution is 2.16. The van der Waals surface area contributed by atoms with Gasteiger partial charge in [0.25, 0.3) is 0 Å². The molecule has 0 unspecified atom stereocenters. The van der Waals surface area contributed by atoms with Crippen LogP contribution in [0.4, 0.5) is 4.79 Å². The smallest absolute Gasteiger partial charge is 0.409 e. The van der Waals surface area contributed by atoms with E-state index in [1.165, 1.54) is 12.0 Å². The van der Waals surface area contributed by atoms with Crippen molar-refractivity contribution in [3.05, 3.63) is 0 Å². The van der Waals surface area contributed by atoms with Gasteiger partial charge in [0.2, 0.25) is 5.91 Å². The van der Waals surface area contributed by atoms with E-state index in [-0.39, 0.29) is 24.2 Å². The van der Waals surface area contributed by atoms with Gasteiger partial charge in [0.15, 0.2) is 5.78 Å². The molecule has 1 atom stereocenters. The number of nitrogens with zero attached hydrogens (tertiary/aromatic N) is 2. The van der Waals surface area contributed by atoms with E-state index in [1.54, 1.807) is 0 Å². The molecule has 0 saturated carbocycles. The Balaban J connectivity index is 2.39. The predicted molar refractivity (Wildman–Crippen MR) is 77.9 cm³/mol. The number of carbonyl (C=O) groups is 3. The van der Waals surface area contributed by atoms with E-state index in [1.807, 2.05) is 19.0 Å². The summed E-state index contributed by atoms with van der Waals surface area (Å²) in [6, 6.07) is 0. The Morgan fingerprint density at radius 2 is 2.05 bits per heavy atom. The first-order chi connectivity index (χ1) is 9.93. The zero-order chi connectivity index (χ0) is 15.8. The summed E-state index contributed by atoms with van der Waals surface area (Å²) in [5.41, 5.74) is 0. The largest absolute Gasteiger partial charge is 0.453 e. The third kappa shape index (κ3) is 6.12. The fraction of sp³-hybridized carbons (Fsp3) is 0.786. The molecule has 1 heterocycles. The van der Waals surface area contributed by atoms with E-state index in [2.05, 4.69) is 5.32 Å². The van der Waals surface area contributed by atoms with Gasteiger partial charge in [-0.3, -0.25) is 14.5 Å². The Morgan fingerprint density at radius 1 is 1.33 bits per heavy atom. The molecule has 2 amide bonds. The lowest BCUT2D eigenvalue weighted by molar-refractivity contribution is -0.123. The highest BCUT2D eigenvalue weighted by Gasteiger charge is 2.25. The average Bonchev–Trinajstić information content (AvgIpc) is 2.85. The SMILES string of the molecule is COC(=O)N(CCN(C)C)CC(=O)CC[C@H]1CCNC1=O. The summed E-state index contributed by atoms with van der Waals surface area (Å²) in [5.74, 6) is -0.0820. The van der Waals surface area contributed by atoms with Gasteiger partial charge in [-0.1, -0.05) is 0 Å². The summed E-state index contributed by atoms with van der Waals surface area (Å²) in [6.45, 7) is 1.83. The number of amides is 2. The normalized spacial score (nSPS) is 17.7. The Morgan fingerprint density at radius 3 is 2.57 bits per heavy atom. The summed E-state index contributed by atoms with van der Waals surface area (Å²) >= 11 is 0. The van der Waals surface area contributed by atoms with Crippen LogP contribution < -0.4 is 5.32 Å². The second-order valence-electron chi connectivity index (χ2n) is 5.55. The van der Waals surface area contributed by atoms with Gasteiger partial charge in [0.1, 0.15) is 0 Å². The quantitative estimate of drug-likeness (QED) is 0.688. The van der Waals surface area contributed by atoms with Gasteiger partial charge in [-0.25, -0.2) is 4.79 Å². The molecule has 1 aliphatic heterocycles. The molecule has 0 bridgehead atoms. The lowest BCUT2D eigenvalue weighted by Gasteiger charge is -2.22. The van der Waals surface area contributed by atoms with Crippen molar-refractivity contribution < 1.29 is 19.1 Å². The molecule has 0 aromatic rings. The van der Waals surface area contributed by atoms with Gasteiger partial charge in [0, 0.05) is 32.0 Å². The second-order valence-corrected chi connectivity index (χ2v) is 5.55. The van der Waals surface area contributed by atoms with E-state index in [4.69, 9.17) is 4.74 Å². The number of nitrogens with one attached hydrogen (secondary N) is 1. The van der Waals surface area contributed by atoms with Crippen molar-refractivity contribution in [2.75, 3.05) is 47.4 Å². The van der Waals surface area contributed by atoms with Crippen LogP contribution in [0, 0.1) is 5.92 Å². The molecule has 0 aromatic carbocycles. The predicted octanol–water partition coefficient (Wildman–Crippen LogP) is 0.102. The van der Waals surface area contributed by atoms with Crippen molar-refractivity contribution in [2.24, 2.45) is 5.92 Å². The lowest BCUT2D eigenvalue weighted by Crippen LogP contribution is -2.40. The summed E-state index contributed by atoms with van der Waals surface area (Å²) in [7, 11) is 5.10. The molecule has 0 radical (unpaired) electrons. The van der Waals surface area contributed by atoms with Crippen molar-refractivity contribution in [3.8, 4) is 0 Å². The van der Waals surface area contributed by atoms with Gasteiger partial charge >= 0.3 is 6.09 Å². The van der Waals surface area contributed by atoms with Crippen molar-refractivity contribution in [1.82, 2.24) is 15.1 Å². The molecular formula is C14H25N3O4. The highest BCUT2D eigenvalue weighted by atomic mass is 16.5. The zero-order valence-electron chi connectivity index (χ0n) is 13.1. The number of ether oxygens (including phenoxy) is 1. The van der Waals surface area contributed by atoms with Gasteiger partial charge < -0.3 is 15.0 Å². The van der Waals surface area contributed by atoms with Crippen molar-refractivity contribution in [3.63, 3.8) is 0 Å². The molecular weight excluding hydrogens is 274 g/mol. The minimum Gasteiger partial charge on any atom is -0.453 e. The van der Waals surface area contributed by atoms with Crippen molar-refractivity contribution in [2.45, 2.75) is 19.3 Å². The number of carbonyl (C=O) groups excluding carboxylic acids is 3. The molecule has 7 nitrogen and oxygen atoms in total. The van der Waals surface area contributed by atoms with Crippen LogP contribution in [-0.2, 0) is 14.3 Å². The maximum atomic E-state index is 12.0. The summed E-state index contributed by atoms with van der Waals surface area (Å²) in [6.07, 6.45) is 1.15. The number of ketones is 1. The maximum absolute atomic E-state index is 12.0. The highest BCUT2D eigenvalue weighted by molar-refractivity contribution is 5.85. The molecule has 1 saturated heterocycles. The minimum absolute atomic E-state index is 0.0280. The van der Waals surface area contributed by atoms with Gasteiger partial charge in [0.05, 0.1) is 13.7 Å². The zero-order valence-corrected chi connectivity index (χ0v) is 13.1. The van der Waals surface area contributed by atoms with Crippen LogP contribution >= 0.6 is 0 Å². The molecule has 120 valence electrons. The molecule has 0 spiro atoms. The Labute approximate surface area is 125 Å². The number of methoxy groups -OCH3 is 1. The van der Waals surface area contributed by atoms with E-state index in [9.17, 15) is 14.4 Å². The van der Waals surface area contributed by atoms with Crippen LogP contribution in [0.2, 0.25) is 0 Å². The minimum atomic E-state index is -0.496. The summed E-state index contributed by atoms with van der Waals surface area (Å²) in [4.78, 5) is 38.4. The van der Waals surface area contributed by atoms with Gasteiger partial charge in [-0.15, -0.1) is 0 Å². The van der Waals surface area contributed by atoms with Crippen LogP contribution in [0.25, 0.3) is 0 Å². The molecule has 1 N–H and O–H groups in total. The Kier molecular flexibility index (Phi) is 7.14. The van der Waals surface area contributed by atoms with Crippen LogP contribution in [0.5, 0.6) is 0 Å². The third-order valence-corrected chi connectivity index (χ3v) is 3.55. The number of likely N-dealkylation sites (N-methyl/N-ethyl adjacent to an activating group) is 1. The molecule has 1 fully saturated rings. The van der Waals surface area contributed by atoms with E-state index in [0.717, 1.165) is 6.42 Å². The summed E-state index contributed by atoms with van der Waals surface area (Å²) in [5, 5.41) is 2.75. The Bertz CT molecular complexity index is 384. The molecule has 7 heteroatoms. The number of hydrogen-bond donors (Lipinski definition) is 1. The second kappa shape index (κ2) is 8.61. The third-order valence-electron chi connectivity index (χ3n) is 3.55. The molecule has 1 rings (SSSR count). The lowest BCUT2D eigenvalue weighted by atomic mass is 10.00. The van der Waals surface area contributed by atoms with Gasteiger partial charge in [-0.05, 0) is 26.9 Å². The van der Waals surface area contributed by atoms with Crippen molar-refractivity contribution in [1.29, 1.82) is 0 Å². The standard InChI is InChI=1S/C14H25N3O4/c1-16(2)8-9-17(14(20)21-3)10-12(18)5-4-11-6-7-15-13(11)19/h11H,4-10H2,1-3H3,(H,15,19)/t11-/m0/s1. The fourth-order valence-corrected chi connectivity index (χ4v) is 2.23. The van der Waals surface area contributed by atoms with E-state index in [0.29, 0.717) is 32.5 Å². The first-order valence-electron chi connectivity index (χ1n) is 7.21. The van der Waals surface area contributed by atoms with Crippen LogP contribution in [-0.4, -0.2) is 75.0 Å². The fourth-order valence-electron chi connectivity index (χ4n) is 2.23. The summed E-state index contributed by atoms with van der Waals surface area (Å²) < 4.78 is 4.69. The van der Waals surface area contributed by atoms with Gasteiger partial charge in [-0.2, -0.15) is 0 Å². The molecule has 0 aliphatic carbocycles. The first kappa shape index (κ1) is 17.4. The maximum Gasteiger partial charge on any atom is 0.409 e. The molecule has 1 aliphatic rings. The van der Waals surface area contributed by atoms with Crippen LogP contribution in [0.15, 0.2) is 0 Å². The number of Topliss-reactive ketones (excluding diaryl/α,β-unsaturated/α-hetero) is 1. The van der Waals surface area contributed by atoms with E-state index >= 15 is 0 Å². The monoisotopic (exact) mass is 299 g/mol. The number of rotatable bonds is 8.